The number of urea groups is 1. The summed E-state index contributed by atoms with van der Waals surface area (Å²) in [6, 6.07) is -0.105. The minimum Gasteiger partial charge on any atom is -0.381 e. The zero-order valence-corrected chi connectivity index (χ0v) is 9.87. The Morgan fingerprint density at radius 3 is 2.94 bits per heavy atom. The highest BCUT2D eigenvalue weighted by atomic mass is 32.1. The van der Waals surface area contributed by atoms with Crippen LogP contribution in [0.2, 0.25) is 0 Å². The van der Waals surface area contributed by atoms with Crippen LogP contribution in [0.3, 0.4) is 0 Å². The van der Waals surface area contributed by atoms with Gasteiger partial charge in [0.25, 0.3) is 0 Å². The molecule has 0 spiro atoms. The molecule has 0 unspecified atom stereocenters. The number of ether oxygens (including phenoxy) is 1. The van der Waals surface area contributed by atoms with Crippen molar-refractivity contribution in [3.63, 3.8) is 0 Å². The second-order valence-electron chi connectivity index (χ2n) is 3.60. The van der Waals surface area contributed by atoms with Crippen LogP contribution in [0.25, 0.3) is 0 Å². The number of likely N-dealkylation sites (tertiary alicyclic amines) is 1. The Hall–Kier alpha value is -1.21. The smallest absolute Gasteiger partial charge is 0.323 e. The molecule has 0 bridgehead atoms. The third-order valence-electron chi connectivity index (χ3n) is 2.64. The fourth-order valence-corrected chi connectivity index (χ4v) is 2.13. The van der Waals surface area contributed by atoms with E-state index < -0.39 is 0 Å². The normalized spacial score (nSPS) is 17.4. The Kier molecular flexibility index (Phi) is 3.68. The van der Waals surface area contributed by atoms with E-state index in [1.54, 1.807) is 17.5 Å². The maximum atomic E-state index is 11.8. The maximum Gasteiger partial charge on any atom is 0.323 e. The first-order valence-electron chi connectivity index (χ1n) is 5.14. The van der Waals surface area contributed by atoms with Crippen molar-refractivity contribution in [1.82, 2.24) is 15.1 Å². The van der Waals surface area contributed by atoms with Crippen LogP contribution in [0.1, 0.15) is 12.8 Å². The van der Waals surface area contributed by atoms with E-state index in [-0.39, 0.29) is 12.1 Å². The van der Waals surface area contributed by atoms with Gasteiger partial charge in [-0.3, -0.25) is 5.32 Å². The van der Waals surface area contributed by atoms with Crippen LogP contribution >= 0.6 is 11.3 Å². The third-order valence-corrected chi connectivity index (χ3v) is 3.24. The predicted molar refractivity (Wildman–Crippen MR) is 60.5 cm³/mol. The molecular weight excluding hydrogens is 228 g/mol. The van der Waals surface area contributed by atoms with Gasteiger partial charge in [-0.2, -0.15) is 0 Å². The van der Waals surface area contributed by atoms with Gasteiger partial charge in [-0.25, -0.2) is 4.79 Å². The lowest BCUT2D eigenvalue weighted by Gasteiger charge is -2.30. The molecule has 2 amide bonds. The van der Waals surface area contributed by atoms with Gasteiger partial charge in [-0.15, -0.1) is 10.2 Å². The van der Waals surface area contributed by atoms with Crippen molar-refractivity contribution in [2.45, 2.75) is 18.9 Å². The van der Waals surface area contributed by atoms with Gasteiger partial charge in [0.2, 0.25) is 5.13 Å². The average molecular weight is 242 g/mol. The molecule has 1 N–H and O–H groups in total. The molecule has 1 aliphatic rings. The Labute approximate surface area is 97.6 Å². The fourth-order valence-electron chi connectivity index (χ4n) is 1.69. The molecule has 1 aliphatic heterocycles. The molecule has 0 aromatic carbocycles. The van der Waals surface area contributed by atoms with Crippen LogP contribution in [-0.4, -0.2) is 47.4 Å². The second kappa shape index (κ2) is 5.22. The van der Waals surface area contributed by atoms with E-state index in [1.807, 2.05) is 0 Å². The Morgan fingerprint density at radius 1 is 1.62 bits per heavy atom. The van der Waals surface area contributed by atoms with Gasteiger partial charge in [0.05, 0.1) is 6.10 Å². The molecule has 2 heterocycles. The largest absolute Gasteiger partial charge is 0.381 e. The lowest BCUT2D eigenvalue weighted by Crippen LogP contribution is -2.42. The number of amides is 2. The predicted octanol–water partition coefficient (Wildman–Crippen LogP) is 1.18. The van der Waals surface area contributed by atoms with Crippen molar-refractivity contribution in [1.29, 1.82) is 0 Å². The molecule has 1 aromatic heterocycles. The topological polar surface area (TPSA) is 67.3 Å². The van der Waals surface area contributed by atoms with Gasteiger partial charge in [0, 0.05) is 20.2 Å². The highest BCUT2D eigenvalue weighted by molar-refractivity contribution is 7.13. The Bertz CT molecular complexity index is 335. The summed E-state index contributed by atoms with van der Waals surface area (Å²) < 4.78 is 5.25. The lowest BCUT2D eigenvalue weighted by atomic mass is 10.1. The van der Waals surface area contributed by atoms with Crippen LogP contribution in [0.4, 0.5) is 9.93 Å². The molecule has 0 radical (unpaired) electrons. The second-order valence-corrected chi connectivity index (χ2v) is 4.43. The molecule has 88 valence electrons. The van der Waals surface area contributed by atoms with Crippen molar-refractivity contribution in [3.05, 3.63) is 5.51 Å². The van der Waals surface area contributed by atoms with E-state index in [0.29, 0.717) is 5.13 Å². The van der Waals surface area contributed by atoms with Crippen molar-refractivity contribution in [2.24, 2.45) is 0 Å². The van der Waals surface area contributed by atoms with Crippen LogP contribution in [0.15, 0.2) is 5.51 Å². The van der Waals surface area contributed by atoms with Gasteiger partial charge >= 0.3 is 6.03 Å². The number of rotatable bonds is 2. The number of anilines is 1. The minimum atomic E-state index is -0.105. The first-order valence-corrected chi connectivity index (χ1v) is 6.02. The standard InChI is InChI=1S/C9H14N4O2S/c1-15-7-2-4-13(5-3-7)9(14)11-8-12-10-6-16-8/h6-7H,2-5H2,1H3,(H,11,12,14). The van der Waals surface area contributed by atoms with Gasteiger partial charge < -0.3 is 9.64 Å². The SMILES string of the molecule is COC1CCN(C(=O)Nc2nncs2)CC1. The number of nitrogens with zero attached hydrogens (tertiary/aromatic N) is 3. The summed E-state index contributed by atoms with van der Waals surface area (Å²) in [5.74, 6) is 0. The Morgan fingerprint density at radius 2 is 2.38 bits per heavy atom. The van der Waals surface area contributed by atoms with Gasteiger partial charge in [0.1, 0.15) is 5.51 Å². The zero-order valence-electron chi connectivity index (χ0n) is 9.05. The van der Waals surface area contributed by atoms with Crippen LogP contribution < -0.4 is 5.32 Å². The van der Waals surface area contributed by atoms with Crippen LogP contribution in [-0.2, 0) is 4.74 Å². The van der Waals surface area contributed by atoms with Crippen molar-refractivity contribution in [3.8, 4) is 0 Å². The summed E-state index contributed by atoms with van der Waals surface area (Å²) in [5.41, 5.74) is 1.59. The van der Waals surface area contributed by atoms with E-state index in [9.17, 15) is 4.79 Å². The molecule has 6 nitrogen and oxygen atoms in total. The minimum absolute atomic E-state index is 0.105. The quantitative estimate of drug-likeness (QED) is 0.845. The van der Waals surface area contributed by atoms with E-state index in [2.05, 4.69) is 15.5 Å². The average Bonchev–Trinajstić information content (AvgIpc) is 2.82. The number of piperidine rings is 1. The summed E-state index contributed by atoms with van der Waals surface area (Å²) in [6.07, 6.45) is 2.06. The maximum absolute atomic E-state index is 11.8. The van der Waals surface area contributed by atoms with Gasteiger partial charge in [0.15, 0.2) is 0 Å². The van der Waals surface area contributed by atoms with Crippen LogP contribution in [0, 0.1) is 0 Å². The number of hydrogen-bond acceptors (Lipinski definition) is 5. The summed E-state index contributed by atoms with van der Waals surface area (Å²) in [6.45, 7) is 1.45. The molecule has 16 heavy (non-hydrogen) atoms. The fraction of sp³-hybridized carbons (Fsp3) is 0.667. The molecular formula is C9H14N4O2S. The van der Waals surface area contributed by atoms with E-state index >= 15 is 0 Å². The monoisotopic (exact) mass is 242 g/mol. The first-order chi connectivity index (χ1) is 7.79. The first kappa shape index (κ1) is 11.3. The summed E-state index contributed by atoms with van der Waals surface area (Å²) in [7, 11) is 1.71. The molecule has 1 aromatic rings. The number of aromatic nitrogens is 2. The number of hydrogen-bond donors (Lipinski definition) is 1. The van der Waals surface area contributed by atoms with Crippen molar-refractivity contribution < 1.29 is 9.53 Å². The lowest BCUT2D eigenvalue weighted by molar-refractivity contribution is 0.0521. The zero-order chi connectivity index (χ0) is 11.4. The molecule has 7 heteroatoms. The molecule has 0 aliphatic carbocycles. The van der Waals surface area contributed by atoms with Crippen molar-refractivity contribution in [2.75, 3.05) is 25.5 Å². The molecule has 0 saturated carbocycles. The molecule has 2 rings (SSSR count). The van der Waals surface area contributed by atoms with Crippen molar-refractivity contribution >= 4 is 22.5 Å². The van der Waals surface area contributed by atoms with E-state index in [4.69, 9.17) is 4.74 Å². The highest BCUT2D eigenvalue weighted by Crippen LogP contribution is 2.15. The van der Waals surface area contributed by atoms with Crippen LogP contribution in [0.5, 0.6) is 0 Å². The number of carbonyl (C=O) groups excluding carboxylic acids is 1. The molecule has 1 saturated heterocycles. The van der Waals surface area contributed by atoms with Gasteiger partial charge in [-0.05, 0) is 12.8 Å². The van der Waals surface area contributed by atoms with E-state index in [1.165, 1.54) is 11.3 Å². The number of methoxy groups -OCH3 is 1. The Balaban J connectivity index is 1.82. The number of nitrogens with one attached hydrogen (secondary N) is 1. The van der Waals surface area contributed by atoms with E-state index in [0.717, 1.165) is 25.9 Å². The highest BCUT2D eigenvalue weighted by Gasteiger charge is 2.22. The number of carbonyl (C=O) groups is 1. The summed E-state index contributed by atoms with van der Waals surface area (Å²) >= 11 is 1.31. The molecule has 1 fully saturated rings. The third kappa shape index (κ3) is 2.67. The summed E-state index contributed by atoms with van der Waals surface area (Å²) in [5, 5.41) is 10.7. The molecule has 0 atom stereocenters. The summed E-state index contributed by atoms with van der Waals surface area (Å²) in [4.78, 5) is 13.5. The van der Waals surface area contributed by atoms with Gasteiger partial charge in [-0.1, -0.05) is 11.3 Å².